The lowest BCUT2D eigenvalue weighted by Crippen LogP contribution is -2.36. The van der Waals surface area contributed by atoms with Crippen LogP contribution in [0.2, 0.25) is 0 Å². The molecular formula is C18H18O2. The Hall–Kier alpha value is -2.35. The first-order chi connectivity index (χ1) is 9.71. The molecule has 0 saturated carbocycles. The van der Waals surface area contributed by atoms with Gasteiger partial charge in [0.15, 0.2) is 0 Å². The smallest absolute Gasteiger partial charge is 0.318 e. The topological polar surface area (TPSA) is 37.3 Å². The fourth-order valence-corrected chi connectivity index (χ4v) is 2.48. The van der Waals surface area contributed by atoms with E-state index in [1.54, 1.807) is 0 Å². The molecule has 2 rings (SSSR count). The molecule has 0 amide bonds. The highest BCUT2D eigenvalue weighted by Gasteiger charge is 2.40. The van der Waals surface area contributed by atoms with E-state index >= 15 is 0 Å². The maximum atomic E-state index is 12.1. The summed E-state index contributed by atoms with van der Waals surface area (Å²) >= 11 is 0. The average molecular weight is 266 g/mol. The van der Waals surface area contributed by atoms with Crippen molar-refractivity contribution < 1.29 is 9.90 Å². The van der Waals surface area contributed by atoms with E-state index in [2.05, 4.69) is 0 Å². The number of carboxylic acid groups (broad SMARTS) is 1. The molecule has 0 aliphatic carbocycles. The van der Waals surface area contributed by atoms with Crippen molar-refractivity contribution in [1.29, 1.82) is 0 Å². The Morgan fingerprint density at radius 3 is 1.80 bits per heavy atom. The molecular weight excluding hydrogens is 248 g/mol. The van der Waals surface area contributed by atoms with Crippen LogP contribution in [0.25, 0.3) is 0 Å². The third-order valence-corrected chi connectivity index (χ3v) is 3.56. The highest BCUT2D eigenvalue weighted by atomic mass is 16.4. The Kier molecular flexibility index (Phi) is 4.36. The van der Waals surface area contributed by atoms with E-state index in [1.165, 1.54) is 0 Å². The summed E-state index contributed by atoms with van der Waals surface area (Å²) in [7, 11) is 0. The van der Waals surface area contributed by atoms with Crippen molar-refractivity contribution in [3.8, 4) is 0 Å². The highest BCUT2D eigenvalue weighted by molar-refractivity contribution is 5.86. The van der Waals surface area contributed by atoms with E-state index < -0.39 is 11.4 Å². The minimum atomic E-state index is -1.03. The maximum absolute atomic E-state index is 12.1. The summed E-state index contributed by atoms with van der Waals surface area (Å²) in [6.45, 7) is 1.91. The maximum Gasteiger partial charge on any atom is 0.318 e. The van der Waals surface area contributed by atoms with Crippen LogP contribution in [0, 0.1) is 0 Å². The highest BCUT2D eigenvalue weighted by Crippen LogP contribution is 2.36. The van der Waals surface area contributed by atoms with E-state index in [9.17, 15) is 9.90 Å². The predicted molar refractivity (Wildman–Crippen MR) is 80.7 cm³/mol. The Balaban J connectivity index is 2.66. The zero-order valence-corrected chi connectivity index (χ0v) is 11.5. The first-order valence-corrected chi connectivity index (χ1v) is 6.67. The summed E-state index contributed by atoms with van der Waals surface area (Å²) in [4.78, 5) is 12.1. The zero-order valence-electron chi connectivity index (χ0n) is 11.5. The van der Waals surface area contributed by atoms with Gasteiger partial charge >= 0.3 is 5.97 Å². The molecule has 0 aromatic heterocycles. The van der Waals surface area contributed by atoms with E-state index in [4.69, 9.17) is 0 Å². The van der Waals surface area contributed by atoms with Gasteiger partial charge in [-0.05, 0) is 24.5 Å². The Labute approximate surface area is 119 Å². The SMILES string of the molecule is C/C=C/CC(C(=O)O)(c1ccccc1)c1ccccc1. The van der Waals surface area contributed by atoms with Crippen LogP contribution in [0.1, 0.15) is 24.5 Å². The monoisotopic (exact) mass is 266 g/mol. The Morgan fingerprint density at radius 1 is 1.00 bits per heavy atom. The summed E-state index contributed by atoms with van der Waals surface area (Å²) < 4.78 is 0. The average Bonchev–Trinajstić information content (AvgIpc) is 2.50. The van der Waals surface area contributed by atoms with Gasteiger partial charge in [-0.2, -0.15) is 0 Å². The van der Waals surface area contributed by atoms with Crippen LogP contribution in [0.3, 0.4) is 0 Å². The molecule has 2 aromatic carbocycles. The van der Waals surface area contributed by atoms with Gasteiger partial charge in [-0.15, -0.1) is 0 Å². The summed E-state index contributed by atoms with van der Waals surface area (Å²) in [6, 6.07) is 18.8. The number of benzene rings is 2. The Morgan fingerprint density at radius 2 is 1.45 bits per heavy atom. The van der Waals surface area contributed by atoms with Crippen molar-refractivity contribution in [3.05, 3.63) is 83.9 Å². The molecule has 2 aromatic rings. The fraction of sp³-hybridized carbons (Fsp3) is 0.167. The molecule has 0 unspecified atom stereocenters. The van der Waals surface area contributed by atoms with Crippen LogP contribution in [0.15, 0.2) is 72.8 Å². The molecule has 0 bridgehead atoms. The number of allylic oxidation sites excluding steroid dienone is 2. The van der Waals surface area contributed by atoms with Crippen LogP contribution >= 0.6 is 0 Å². The number of carboxylic acids is 1. The normalized spacial score (nSPS) is 11.7. The second-order valence-corrected chi connectivity index (χ2v) is 4.72. The van der Waals surface area contributed by atoms with Gasteiger partial charge in [-0.25, -0.2) is 0 Å². The lowest BCUT2D eigenvalue weighted by Gasteiger charge is -2.29. The molecule has 2 heteroatoms. The summed E-state index contributed by atoms with van der Waals surface area (Å²) in [5, 5.41) is 9.92. The number of aliphatic carboxylic acids is 1. The van der Waals surface area contributed by atoms with Crippen molar-refractivity contribution in [3.63, 3.8) is 0 Å². The second kappa shape index (κ2) is 6.20. The standard InChI is InChI=1S/C18H18O2/c1-2-3-14-18(17(19)20,15-10-6-4-7-11-15)16-12-8-5-9-13-16/h2-13H,14H2,1H3,(H,19,20)/b3-2+. The van der Waals surface area contributed by atoms with Gasteiger partial charge in [0.05, 0.1) is 0 Å². The Bertz CT molecular complexity index is 546. The van der Waals surface area contributed by atoms with E-state index in [0.717, 1.165) is 11.1 Å². The third kappa shape index (κ3) is 2.50. The molecule has 0 aliphatic heterocycles. The van der Waals surface area contributed by atoms with Crippen molar-refractivity contribution >= 4 is 5.97 Å². The van der Waals surface area contributed by atoms with E-state index in [-0.39, 0.29) is 0 Å². The lowest BCUT2D eigenvalue weighted by molar-refractivity contribution is -0.142. The number of hydrogen-bond donors (Lipinski definition) is 1. The van der Waals surface area contributed by atoms with Gasteiger partial charge in [0.25, 0.3) is 0 Å². The van der Waals surface area contributed by atoms with Crippen LogP contribution in [-0.4, -0.2) is 11.1 Å². The quantitative estimate of drug-likeness (QED) is 0.830. The minimum Gasteiger partial charge on any atom is -0.480 e. The van der Waals surface area contributed by atoms with E-state index in [0.29, 0.717) is 6.42 Å². The van der Waals surface area contributed by atoms with Gasteiger partial charge < -0.3 is 5.11 Å². The largest absolute Gasteiger partial charge is 0.480 e. The third-order valence-electron chi connectivity index (χ3n) is 3.56. The van der Waals surface area contributed by atoms with Crippen LogP contribution in [0.4, 0.5) is 0 Å². The van der Waals surface area contributed by atoms with E-state index in [1.807, 2.05) is 79.7 Å². The van der Waals surface area contributed by atoms with Gasteiger partial charge in [-0.3, -0.25) is 4.79 Å². The molecule has 2 nitrogen and oxygen atoms in total. The molecule has 102 valence electrons. The van der Waals surface area contributed by atoms with Crippen molar-refractivity contribution in [2.24, 2.45) is 0 Å². The fourth-order valence-electron chi connectivity index (χ4n) is 2.48. The number of carbonyl (C=O) groups is 1. The molecule has 0 radical (unpaired) electrons. The summed E-state index contributed by atoms with van der Waals surface area (Å²) in [6.07, 6.45) is 4.24. The number of hydrogen-bond acceptors (Lipinski definition) is 1. The van der Waals surface area contributed by atoms with Crippen LogP contribution in [0.5, 0.6) is 0 Å². The summed E-state index contributed by atoms with van der Waals surface area (Å²) in [5.74, 6) is -0.826. The first-order valence-electron chi connectivity index (χ1n) is 6.67. The van der Waals surface area contributed by atoms with Gasteiger partial charge in [0.2, 0.25) is 0 Å². The molecule has 0 spiro atoms. The molecule has 0 saturated heterocycles. The lowest BCUT2D eigenvalue weighted by atomic mass is 9.72. The van der Waals surface area contributed by atoms with Crippen molar-refractivity contribution in [2.75, 3.05) is 0 Å². The van der Waals surface area contributed by atoms with Crippen LogP contribution in [-0.2, 0) is 10.2 Å². The van der Waals surface area contributed by atoms with Gasteiger partial charge in [-0.1, -0.05) is 72.8 Å². The minimum absolute atomic E-state index is 0.437. The predicted octanol–water partition coefficient (Wildman–Crippen LogP) is 4.02. The molecule has 0 fully saturated rings. The van der Waals surface area contributed by atoms with Crippen molar-refractivity contribution in [1.82, 2.24) is 0 Å². The van der Waals surface area contributed by atoms with Gasteiger partial charge in [0.1, 0.15) is 5.41 Å². The first kappa shape index (κ1) is 14.1. The van der Waals surface area contributed by atoms with Gasteiger partial charge in [0, 0.05) is 0 Å². The number of rotatable bonds is 5. The molecule has 0 aliphatic rings. The summed E-state index contributed by atoms with van der Waals surface area (Å²) in [5.41, 5.74) is 0.572. The molecule has 1 N–H and O–H groups in total. The van der Waals surface area contributed by atoms with Crippen LogP contribution < -0.4 is 0 Å². The zero-order chi connectivity index (χ0) is 14.4. The second-order valence-electron chi connectivity index (χ2n) is 4.72. The molecule has 20 heavy (non-hydrogen) atoms. The molecule has 0 atom stereocenters. The van der Waals surface area contributed by atoms with Crippen molar-refractivity contribution in [2.45, 2.75) is 18.8 Å². The molecule has 0 heterocycles.